The van der Waals surface area contributed by atoms with Crippen molar-refractivity contribution in [3.63, 3.8) is 0 Å². The number of methoxy groups -OCH3 is 2. The van der Waals surface area contributed by atoms with Crippen molar-refractivity contribution in [2.75, 3.05) is 20.8 Å². The van der Waals surface area contributed by atoms with Crippen molar-refractivity contribution in [3.05, 3.63) is 23.8 Å². The molecule has 0 saturated heterocycles. The first-order valence-electron chi connectivity index (χ1n) is 6.14. The molecule has 106 valence electrons. The second-order valence-electron chi connectivity index (χ2n) is 4.11. The highest BCUT2D eigenvalue weighted by molar-refractivity contribution is 5.69. The molecule has 0 saturated carbocycles. The average molecular weight is 268 g/mol. The van der Waals surface area contributed by atoms with Gasteiger partial charge in [0.25, 0.3) is 0 Å². The zero-order chi connectivity index (χ0) is 14.3. The summed E-state index contributed by atoms with van der Waals surface area (Å²) in [5.74, 6) is 0.910. The lowest BCUT2D eigenvalue weighted by atomic mass is 10.1. The van der Waals surface area contributed by atoms with E-state index in [9.17, 15) is 9.90 Å². The van der Waals surface area contributed by atoms with Crippen molar-refractivity contribution >= 4 is 5.97 Å². The second kappa shape index (κ2) is 7.63. The summed E-state index contributed by atoms with van der Waals surface area (Å²) in [7, 11) is 2.91. The molecule has 0 aliphatic carbocycles. The minimum absolute atomic E-state index is 0.250. The summed E-state index contributed by atoms with van der Waals surface area (Å²) >= 11 is 0. The van der Waals surface area contributed by atoms with Gasteiger partial charge in [-0.25, -0.2) is 0 Å². The number of carbonyl (C=O) groups is 1. The highest BCUT2D eigenvalue weighted by Gasteiger charge is 2.09. The monoisotopic (exact) mass is 268 g/mol. The molecule has 5 nitrogen and oxygen atoms in total. The number of hydrogen-bond acceptors (Lipinski definition) is 5. The van der Waals surface area contributed by atoms with Crippen LogP contribution in [0.15, 0.2) is 18.2 Å². The van der Waals surface area contributed by atoms with E-state index in [2.05, 4.69) is 4.74 Å². The molecule has 0 spiro atoms. The Kier molecular flexibility index (Phi) is 6.15. The van der Waals surface area contributed by atoms with Crippen molar-refractivity contribution in [1.29, 1.82) is 0 Å². The van der Waals surface area contributed by atoms with E-state index in [4.69, 9.17) is 9.47 Å². The third-order valence-corrected chi connectivity index (χ3v) is 2.68. The van der Waals surface area contributed by atoms with E-state index in [0.717, 1.165) is 5.56 Å². The molecule has 0 aliphatic rings. The van der Waals surface area contributed by atoms with E-state index in [0.29, 0.717) is 30.9 Å². The summed E-state index contributed by atoms with van der Waals surface area (Å²) in [6.07, 6.45) is 0.348. The zero-order valence-corrected chi connectivity index (χ0v) is 11.5. The molecule has 1 N–H and O–H groups in total. The van der Waals surface area contributed by atoms with Gasteiger partial charge in [0.15, 0.2) is 11.5 Å². The first-order valence-corrected chi connectivity index (χ1v) is 6.14. The van der Waals surface area contributed by atoms with Crippen LogP contribution in [-0.2, 0) is 9.53 Å². The Hall–Kier alpha value is -1.75. The Morgan fingerprint density at radius 1 is 1.32 bits per heavy atom. The van der Waals surface area contributed by atoms with Gasteiger partial charge in [0.05, 0.1) is 26.9 Å². The lowest BCUT2D eigenvalue weighted by molar-refractivity contribution is -0.140. The standard InChI is InChI=1S/C14H20O5/c1-10(15)11-6-7-12(13(9-11)17-2)19-8-4-5-14(16)18-3/h6-7,9-10,15H,4-5,8H2,1-3H3/t10-/m0/s1. The second-order valence-corrected chi connectivity index (χ2v) is 4.11. The molecule has 0 aromatic heterocycles. The van der Waals surface area contributed by atoms with E-state index >= 15 is 0 Å². The first kappa shape index (κ1) is 15.3. The lowest BCUT2D eigenvalue weighted by Crippen LogP contribution is -2.05. The summed E-state index contributed by atoms with van der Waals surface area (Å²) in [4.78, 5) is 10.9. The Morgan fingerprint density at radius 3 is 2.63 bits per heavy atom. The minimum atomic E-state index is -0.553. The maximum absolute atomic E-state index is 10.9. The van der Waals surface area contributed by atoms with Crippen molar-refractivity contribution in [2.24, 2.45) is 0 Å². The average Bonchev–Trinajstić information content (AvgIpc) is 2.42. The molecule has 0 unspecified atom stereocenters. The number of carbonyl (C=O) groups excluding carboxylic acids is 1. The largest absolute Gasteiger partial charge is 0.493 e. The highest BCUT2D eigenvalue weighted by Crippen LogP contribution is 2.30. The number of aliphatic hydroxyl groups excluding tert-OH is 1. The molecule has 0 fully saturated rings. The van der Waals surface area contributed by atoms with E-state index in [-0.39, 0.29) is 5.97 Å². The normalized spacial score (nSPS) is 11.8. The summed E-state index contributed by atoms with van der Waals surface area (Å²) in [6, 6.07) is 5.27. The number of benzene rings is 1. The number of rotatable bonds is 7. The van der Waals surface area contributed by atoms with Gasteiger partial charge in [-0.15, -0.1) is 0 Å². The van der Waals surface area contributed by atoms with Gasteiger partial charge in [-0.05, 0) is 31.0 Å². The van der Waals surface area contributed by atoms with Gasteiger partial charge in [0, 0.05) is 6.42 Å². The maximum atomic E-state index is 10.9. The molecule has 0 radical (unpaired) electrons. The number of hydrogen-bond donors (Lipinski definition) is 1. The van der Waals surface area contributed by atoms with Crippen LogP contribution >= 0.6 is 0 Å². The van der Waals surface area contributed by atoms with Gasteiger partial charge in [-0.3, -0.25) is 4.79 Å². The molecule has 0 heterocycles. The van der Waals surface area contributed by atoms with Crippen molar-refractivity contribution in [1.82, 2.24) is 0 Å². The quantitative estimate of drug-likeness (QED) is 0.606. The van der Waals surface area contributed by atoms with Crippen molar-refractivity contribution in [3.8, 4) is 11.5 Å². The summed E-state index contributed by atoms with van der Waals surface area (Å²) in [6.45, 7) is 2.09. The third-order valence-electron chi connectivity index (χ3n) is 2.68. The van der Waals surface area contributed by atoms with Gasteiger partial charge < -0.3 is 19.3 Å². The Morgan fingerprint density at radius 2 is 2.05 bits per heavy atom. The van der Waals surface area contributed by atoms with Gasteiger partial charge in [0.2, 0.25) is 0 Å². The zero-order valence-electron chi connectivity index (χ0n) is 11.5. The smallest absolute Gasteiger partial charge is 0.305 e. The fraction of sp³-hybridized carbons (Fsp3) is 0.500. The van der Waals surface area contributed by atoms with Crippen LogP contribution in [0.25, 0.3) is 0 Å². The number of ether oxygens (including phenoxy) is 3. The van der Waals surface area contributed by atoms with Gasteiger partial charge in [-0.2, -0.15) is 0 Å². The summed E-state index contributed by atoms with van der Waals surface area (Å²) in [5.41, 5.74) is 0.763. The van der Waals surface area contributed by atoms with Crippen LogP contribution in [0.1, 0.15) is 31.4 Å². The van der Waals surface area contributed by atoms with Crippen LogP contribution < -0.4 is 9.47 Å². The molecule has 0 bridgehead atoms. The fourth-order valence-electron chi connectivity index (χ4n) is 1.56. The van der Waals surface area contributed by atoms with Crippen LogP contribution in [0.5, 0.6) is 11.5 Å². The molecule has 1 rings (SSSR count). The summed E-state index contributed by atoms with van der Waals surface area (Å²) in [5, 5.41) is 9.49. The highest BCUT2D eigenvalue weighted by atomic mass is 16.5. The van der Waals surface area contributed by atoms with Gasteiger partial charge in [-0.1, -0.05) is 6.07 Å². The Bertz CT molecular complexity index is 414. The Labute approximate surface area is 113 Å². The molecule has 1 aromatic carbocycles. The fourth-order valence-corrected chi connectivity index (χ4v) is 1.56. The van der Waals surface area contributed by atoms with Crippen molar-refractivity contribution < 1.29 is 24.1 Å². The van der Waals surface area contributed by atoms with Crippen LogP contribution in [0, 0.1) is 0 Å². The number of aliphatic hydroxyl groups is 1. The maximum Gasteiger partial charge on any atom is 0.305 e. The van der Waals surface area contributed by atoms with Crippen LogP contribution in [0.3, 0.4) is 0 Å². The predicted molar refractivity (Wildman–Crippen MR) is 70.4 cm³/mol. The van der Waals surface area contributed by atoms with Gasteiger partial charge in [0.1, 0.15) is 0 Å². The third kappa shape index (κ3) is 4.79. The number of esters is 1. The SMILES string of the molecule is COC(=O)CCCOc1ccc([C@H](C)O)cc1OC. The van der Waals surface area contributed by atoms with E-state index in [1.165, 1.54) is 7.11 Å². The van der Waals surface area contributed by atoms with Gasteiger partial charge >= 0.3 is 5.97 Å². The van der Waals surface area contributed by atoms with Crippen LogP contribution in [0.4, 0.5) is 0 Å². The lowest BCUT2D eigenvalue weighted by Gasteiger charge is -2.13. The molecule has 5 heteroatoms. The van der Waals surface area contributed by atoms with E-state index in [1.807, 2.05) is 0 Å². The topological polar surface area (TPSA) is 65.0 Å². The van der Waals surface area contributed by atoms with E-state index in [1.54, 1.807) is 32.2 Å². The molecule has 0 aliphatic heterocycles. The van der Waals surface area contributed by atoms with E-state index < -0.39 is 6.10 Å². The Balaban J connectivity index is 2.56. The molecular formula is C14H20O5. The van der Waals surface area contributed by atoms with Crippen LogP contribution in [0.2, 0.25) is 0 Å². The van der Waals surface area contributed by atoms with Crippen LogP contribution in [-0.4, -0.2) is 31.9 Å². The molecule has 19 heavy (non-hydrogen) atoms. The van der Waals surface area contributed by atoms with Crippen molar-refractivity contribution in [2.45, 2.75) is 25.9 Å². The molecule has 1 aromatic rings. The molecule has 1 atom stereocenters. The molecular weight excluding hydrogens is 248 g/mol. The minimum Gasteiger partial charge on any atom is -0.493 e. The first-order chi connectivity index (χ1) is 9.08. The summed E-state index contributed by atoms with van der Waals surface area (Å²) < 4.78 is 15.3. The molecule has 0 amide bonds. The predicted octanol–water partition coefficient (Wildman–Crippen LogP) is 2.08.